The molecule has 2 heterocycles. The van der Waals surface area contributed by atoms with Crippen LogP contribution >= 0.6 is 0 Å². The van der Waals surface area contributed by atoms with Crippen LogP contribution in [0.25, 0.3) is 0 Å². The Morgan fingerprint density at radius 3 is 2.32 bits per heavy atom. The molecular formula is C20H24N4O4. The Balaban J connectivity index is 1.54. The van der Waals surface area contributed by atoms with Crippen molar-refractivity contribution in [2.45, 2.75) is 46.1 Å². The average molecular weight is 384 g/mol. The van der Waals surface area contributed by atoms with Crippen molar-refractivity contribution in [1.82, 2.24) is 20.4 Å². The zero-order chi connectivity index (χ0) is 20.3. The van der Waals surface area contributed by atoms with E-state index in [-0.39, 0.29) is 36.7 Å². The Labute approximate surface area is 163 Å². The topological polar surface area (TPSA) is 105 Å². The first-order valence-electron chi connectivity index (χ1n) is 9.41. The van der Waals surface area contributed by atoms with Gasteiger partial charge in [-0.3, -0.25) is 19.3 Å². The molecule has 0 saturated carbocycles. The third-order valence-electron chi connectivity index (χ3n) is 4.55. The summed E-state index contributed by atoms with van der Waals surface area (Å²) >= 11 is 0. The molecule has 0 radical (unpaired) electrons. The first kappa shape index (κ1) is 19.7. The van der Waals surface area contributed by atoms with Gasteiger partial charge in [-0.05, 0) is 30.9 Å². The third-order valence-corrected chi connectivity index (χ3v) is 4.55. The fourth-order valence-corrected chi connectivity index (χ4v) is 3.25. The number of rotatable bonds is 8. The van der Waals surface area contributed by atoms with E-state index in [1.54, 1.807) is 31.2 Å². The number of benzene rings is 1. The highest BCUT2D eigenvalue weighted by atomic mass is 16.4. The number of aryl methyl sites for hydroxylation is 1. The number of fused-ring (bicyclic) bond motifs is 1. The highest BCUT2D eigenvalue weighted by Crippen LogP contribution is 2.23. The molecule has 2 aromatic rings. The van der Waals surface area contributed by atoms with Gasteiger partial charge in [0.25, 0.3) is 11.8 Å². The van der Waals surface area contributed by atoms with Crippen molar-refractivity contribution in [3.63, 3.8) is 0 Å². The molecule has 8 nitrogen and oxygen atoms in total. The lowest BCUT2D eigenvalue weighted by Gasteiger charge is -2.18. The third kappa shape index (κ3) is 4.27. The molecule has 1 N–H and O–H groups in total. The summed E-state index contributed by atoms with van der Waals surface area (Å²) in [4.78, 5) is 38.3. The number of imide groups is 1. The molecule has 0 fully saturated rings. The summed E-state index contributed by atoms with van der Waals surface area (Å²) in [6.07, 6.45) is 1.25. The van der Waals surface area contributed by atoms with Crippen molar-refractivity contribution in [2.24, 2.45) is 5.92 Å². The average Bonchev–Trinajstić information content (AvgIpc) is 3.18. The predicted molar refractivity (Wildman–Crippen MR) is 100 cm³/mol. The van der Waals surface area contributed by atoms with Crippen LogP contribution in [0.2, 0.25) is 0 Å². The second-order valence-corrected chi connectivity index (χ2v) is 7.32. The lowest BCUT2D eigenvalue weighted by Crippen LogP contribution is -2.33. The number of nitrogens with zero attached hydrogens (tertiary/aromatic N) is 3. The van der Waals surface area contributed by atoms with Crippen LogP contribution in [0.3, 0.4) is 0 Å². The van der Waals surface area contributed by atoms with Gasteiger partial charge in [-0.15, -0.1) is 10.2 Å². The fourth-order valence-electron chi connectivity index (χ4n) is 3.25. The maximum absolute atomic E-state index is 12.4. The van der Waals surface area contributed by atoms with E-state index in [0.717, 1.165) is 0 Å². The lowest BCUT2D eigenvalue weighted by molar-refractivity contribution is -0.122. The molecule has 1 aliphatic heterocycles. The Morgan fingerprint density at radius 1 is 1.14 bits per heavy atom. The number of hydrogen-bond acceptors (Lipinski definition) is 6. The summed E-state index contributed by atoms with van der Waals surface area (Å²) in [5.41, 5.74) is 0.835. The van der Waals surface area contributed by atoms with Crippen LogP contribution in [0.4, 0.5) is 0 Å². The van der Waals surface area contributed by atoms with Gasteiger partial charge in [0.15, 0.2) is 0 Å². The Bertz CT molecular complexity index is 855. The van der Waals surface area contributed by atoms with Crippen LogP contribution < -0.4 is 5.32 Å². The van der Waals surface area contributed by atoms with Crippen LogP contribution in [-0.4, -0.2) is 39.4 Å². The standard InChI is InChI=1S/C20H24N4O4/c1-12(2)11-16(18-23-22-13(3)28-18)21-17(25)9-6-10-24-19(26)14-7-4-5-8-15(14)20(24)27/h4-5,7-8,12,16H,6,9-11H2,1-3H3,(H,21,25). The van der Waals surface area contributed by atoms with Gasteiger partial charge >= 0.3 is 0 Å². The molecule has 28 heavy (non-hydrogen) atoms. The monoisotopic (exact) mass is 384 g/mol. The molecule has 3 rings (SSSR count). The molecule has 1 aromatic heterocycles. The molecule has 3 amide bonds. The van der Waals surface area contributed by atoms with Crippen LogP contribution in [-0.2, 0) is 4.79 Å². The molecule has 1 aromatic carbocycles. The number of amides is 3. The molecular weight excluding hydrogens is 360 g/mol. The van der Waals surface area contributed by atoms with Crippen molar-refractivity contribution < 1.29 is 18.8 Å². The van der Waals surface area contributed by atoms with Crippen LogP contribution in [0, 0.1) is 12.8 Å². The van der Waals surface area contributed by atoms with Gasteiger partial charge in [0, 0.05) is 19.9 Å². The van der Waals surface area contributed by atoms with Gasteiger partial charge < -0.3 is 9.73 Å². The van der Waals surface area contributed by atoms with Gasteiger partial charge in [0.1, 0.15) is 6.04 Å². The molecule has 0 bridgehead atoms. The first-order chi connectivity index (χ1) is 13.4. The molecule has 1 unspecified atom stereocenters. The largest absolute Gasteiger partial charge is 0.423 e. The normalized spacial score (nSPS) is 14.5. The summed E-state index contributed by atoms with van der Waals surface area (Å²) in [5.74, 6) is 0.373. The van der Waals surface area contributed by atoms with Crippen LogP contribution in [0.5, 0.6) is 0 Å². The maximum atomic E-state index is 12.4. The molecule has 8 heteroatoms. The van der Waals surface area contributed by atoms with Crippen molar-refractivity contribution in [3.05, 3.63) is 47.2 Å². The lowest BCUT2D eigenvalue weighted by atomic mass is 10.0. The summed E-state index contributed by atoms with van der Waals surface area (Å²) in [6, 6.07) is 6.40. The van der Waals surface area contributed by atoms with Crippen LogP contribution in [0.1, 0.15) is 71.6 Å². The van der Waals surface area contributed by atoms with E-state index < -0.39 is 0 Å². The van der Waals surface area contributed by atoms with E-state index >= 15 is 0 Å². The van der Waals surface area contributed by atoms with E-state index in [1.807, 2.05) is 13.8 Å². The fraction of sp³-hybridized carbons (Fsp3) is 0.450. The Hall–Kier alpha value is -3.03. The first-order valence-corrected chi connectivity index (χ1v) is 9.41. The second-order valence-electron chi connectivity index (χ2n) is 7.32. The highest BCUT2D eigenvalue weighted by molar-refractivity contribution is 6.21. The van der Waals surface area contributed by atoms with Gasteiger partial charge in [-0.25, -0.2) is 0 Å². The minimum atomic E-state index is -0.354. The Morgan fingerprint density at radius 2 is 1.79 bits per heavy atom. The Kier molecular flexibility index (Phi) is 5.87. The number of nitrogens with one attached hydrogen (secondary N) is 1. The van der Waals surface area contributed by atoms with Crippen molar-refractivity contribution >= 4 is 17.7 Å². The molecule has 0 spiro atoms. The molecule has 0 saturated heterocycles. The van der Waals surface area contributed by atoms with Crippen molar-refractivity contribution in [2.75, 3.05) is 6.54 Å². The minimum absolute atomic E-state index is 0.182. The number of carbonyl (C=O) groups excluding carboxylic acids is 3. The zero-order valence-electron chi connectivity index (χ0n) is 16.3. The van der Waals surface area contributed by atoms with Gasteiger partial charge in [-0.2, -0.15) is 0 Å². The minimum Gasteiger partial charge on any atom is -0.423 e. The van der Waals surface area contributed by atoms with E-state index in [1.165, 1.54) is 4.90 Å². The summed E-state index contributed by atoms with van der Waals surface area (Å²) in [6.45, 7) is 6.00. The van der Waals surface area contributed by atoms with Gasteiger partial charge in [-0.1, -0.05) is 26.0 Å². The molecule has 1 atom stereocenters. The maximum Gasteiger partial charge on any atom is 0.261 e. The number of carbonyl (C=O) groups is 3. The van der Waals surface area contributed by atoms with Crippen molar-refractivity contribution in [3.8, 4) is 0 Å². The van der Waals surface area contributed by atoms with E-state index in [0.29, 0.717) is 41.7 Å². The number of aromatic nitrogens is 2. The second kappa shape index (κ2) is 8.33. The summed E-state index contributed by atoms with van der Waals surface area (Å²) in [5, 5.41) is 10.8. The van der Waals surface area contributed by atoms with Crippen LogP contribution in [0.15, 0.2) is 28.7 Å². The summed E-state index contributed by atoms with van der Waals surface area (Å²) in [7, 11) is 0. The van der Waals surface area contributed by atoms with Gasteiger partial charge in [0.2, 0.25) is 17.7 Å². The van der Waals surface area contributed by atoms with Gasteiger partial charge in [0.05, 0.1) is 11.1 Å². The highest BCUT2D eigenvalue weighted by Gasteiger charge is 2.34. The smallest absolute Gasteiger partial charge is 0.261 e. The van der Waals surface area contributed by atoms with Crippen molar-refractivity contribution in [1.29, 1.82) is 0 Å². The summed E-state index contributed by atoms with van der Waals surface area (Å²) < 4.78 is 5.46. The molecule has 1 aliphatic rings. The quantitative estimate of drug-likeness (QED) is 0.702. The molecule has 0 aliphatic carbocycles. The SMILES string of the molecule is Cc1nnc(C(CC(C)C)NC(=O)CCCN2C(=O)c3ccccc3C2=O)o1. The van der Waals surface area contributed by atoms with E-state index in [4.69, 9.17) is 4.42 Å². The number of hydrogen-bond donors (Lipinski definition) is 1. The van der Waals surface area contributed by atoms with E-state index in [2.05, 4.69) is 15.5 Å². The molecule has 148 valence electrons. The predicted octanol–water partition coefficient (Wildman–Crippen LogP) is 2.66. The van der Waals surface area contributed by atoms with E-state index in [9.17, 15) is 14.4 Å². The zero-order valence-corrected chi connectivity index (χ0v) is 16.3.